The van der Waals surface area contributed by atoms with Crippen LogP contribution in [0.15, 0.2) is 4.90 Å². The van der Waals surface area contributed by atoms with Crippen LogP contribution >= 0.6 is 11.3 Å². The number of aromatic amines is 1. The van der Waals surface area contributed by atoms with E-state index >= 15 is 0 Å². The fourth-order valence-electron chi connectivity index (χ4n) is 2.27. The Balaban J connectivity index is 1.92. The SMILES string of the molecule is Cc1n[nH]c(C)c1S(=O)(=O)Nc1nc2c(s1)CNCC2. The highest BCUT2D eigenvalue weighted by atomic mass is 32.2. The number of fused-ring (bicyclic) bond motifs is 1. The number of aryl methyl sites for hydroxylation is 2. The molecule has 0 unspecified atom stereocenters. The summed E-state index contributed by atoms with van der Waals surface area (Å²) in [5, 5.41) is 10.3. The first-order chi connectivity index (χ1) is 9.47. The molecule has 20 heavy (non-hydrogen) atoms. The Kier molecular flexibility index (Phi) is 3.27. The molecule has 0 saturated carbocycles. The quantitative estimate of drug-likeness (QED) is 0.783. The first-order valence-electron chi connectivity index (χ1n) is 6.21. The van der Waals surface area contributed by atoms with Gasteiger partial charge in [0, 0.05) is 24.4 Å². The number of anilines is 1. The summed E-state index contributed by atoms with van der Waals surface area (Å²) in [4.78, 5) is 5.65. The Labute approximate surface area is 120 Å². The van der Waals surface area contributed by atoms with E-state index in [9.17, 15) is 8.42 Å². The lowest BCUT2D eigenvalue weighted by Crippen LogP contribution is -2.22. The summed E-state index contributed by atoms with van der Waals surface area (Å²) in [7, 11) is -3.65. The lowest BCUT2D eigenvalue weighted by Gasteiger charge is -2.09. The van der Waals surface area contributed by atoms with Crippen molar-refractivity contribution in [2.24, 2.45) is 0 Å². The van der Waals surface area contributed by atoms with Crippen molar-refractivity contribution in [3.8, 4) is 0 Å². The molecule has 3 rings (SSSR count). The zero-order chi connectivity index (χ0) is 14.3. The molecule has 2 aromatic heterocycles. The van der Waals surface area contributed by atoms with Gasteiger partial charge in [-0.15, -0.1) is 0 Å². The average Bonchev–Trinajstić information content (AvgIpc) is 2.91. The van der Waals surface area contributed by atoms with Crippen molar-refractivity contribution < 1.29 is 8.42 Å². The van der Waals surface area contributed by atoms with Crippen molar-refractivity contribution in [2.75, 3.05) is 11.3 Å². The van der Waals surface area contributed by atoms with Gasteiger partial charge in [-0.1, -0.05) is 11.3 Å². The molecule has 0 radical (unpaired) electrons. The van der Waals surface area contributed by atoms with Crippen LogP contribution in [0.2, 0.25) is 0 Å². The predicted molar refractivity (Wildman–Crippen MR) is 76.4 cm³/mol. The van der Waals surface area contributed by atoms with Crippen molar-refractivity contribution in [2.45, 2.75) is 31.7 Å². The van der Waals surface area contributed by atoms with Gasteiger partial charge in [0.2, 0.25) is 0 Å². The molecular weight excluding hydrogens is 298 g/mol. The molecule has 0 bridgehead atoms. The number of hydrogen-bond acceptors (Lipinski definition) is 6. The van der Waals surface area contributed by atoms with Gasteiger partial charge in [-0.25, -0.2) is 13.4 Å². The second kappa shape index (κ2) is 4.83. The van der Waals surface area contributed by atoms with Crippen LogP contribution in [0.3, 0.4) is 0 Å². The number of nitrogens with zero attached hydrogens (tertiary/aromatic N) is 2. The zero-order valence-corrected chi connectivity index (χ0v) is 12.8. The standard InChI is InChI=1S/C11H15N5O2S2/c1-6-10(7(2)15-14-6)20(17,18)16-11-13-8-3-4-12-5-9(8)19-11/h12H,3-5H2,1-2H3,(H,13,16)(H,14,15). The molecule has 1 aliphatic rings. The monoisotopic (exact) mass is 313 g/mol. The maximum Gasteiger partial charge on any atom is 0.267 e. The van der Waals surface area contributed by atoms with Crippen LogP contribution in [0, 0.1) is 13.8 Å². The Morgan fingerprint density at radius 1 is 1.35 bits per heavy atom. The Hall–Kier alpha value is -1.45. The Morgan fingerprint density at radius 2 is 2.15 bits per heavy atom. The van der Waals surface area contributed by atoms with E-state index in [2.05, 4.69) is 25.2 Å². The normalized spacial score (nSPS) is 15.1. The summed E-state index contributed by atoms with van der Waals surface area (Å²) in [6.07, 6.45) is 0.831. The summed E-state index contributed by atoms with van der Waals surface area (Å²) in [5.41, 5.74) is 1.96. The summed E-state index contributed by atoms with van der Waals surface area (Å²) in [5.74, 6) is 0. The van der Waals surface area contributed by atoms with Crippen LogP contribution < -0.4 is 10.0 Å². The molecule has 0 amide bonds. The molecule has 3 heterocycles. The largest absolute Gasteiger partial charge is 0.311 e. The third kappa shape index (κ3) is 2.32. The van der Waals surface area contributed by atoms with Crippen LogP contribution in [-0.4, -0.2) is 30.1 Å². The van der Waals surface area contributed by atoms with Gasteiger partial charge in [0.25, 0.3) is 10.0 Å². The van der Waals surface area contributed by atoms with E-state index in [4.69, 9.17) is 0 Å². The molecule has 9 heteroatoms. The van der Waals surface area contributed by atoms with Crippen LogP contribution in [0.5, 0.6) is 0 Å². The summed E-state index contributed by atoms with van der Waals surface area (Å²) in [6.45, 7) is 4.97. The molecule has 0 atom stereocenters. The van der Waals surface area contributed by atoms with Gasteiger partial charge >= 0.3 is 0 Å². The molecule has 0 saturated heterocycles. The van der Waals surface area contributed by atoms with Crippen molar-refractivity contribution >= 4 is 26.5 Å². The van der Waals surface area contributed by atoms with Gasteiger partial charge in [0.15, 0.2) is 5.13 Å². The number of thiazole rings is 1. The minimum atomic E-state index is -3.65. The summed E-state index contributed by atoms with van der Waals surface area (Å²) >= 11 is 1.38. The first kappa shape index (κ1) is 13.5. The third-order valence-corrected chi connectivity index (χ3v) is 5.90. The second-order valence-corrected chi connectivity index (χ2v) is 7.39. The number of hydrogen-bond donors (Lipinski definition) is 3. The van der Waals surface area contributed by atoms with E-state index in [-0.39, 0.29) is 4.90 Å². The molecule has 2 aromatic rings. The molecule has 0 spiro atoms. The van der Waals surface area contributed by atoms with Gasteiger partial charge in [-0.05, 0) is 13.8 Å². The maximum atomic E-state index is 12.4. The smallest absolute Gasteiger partial charge is 0.267 e. The van der Waals surface area contributed by atoms with Crippen molar-refractivity contribution in [3.63, 3.8) is 0 Å². The summed E-state index contributed by atoms with van der Waals surface area (Å²) < 4.78 is 27.3. The van der Waals surface area contributed by atoms with Gasteiger partial charge in [0.1, 0.15) is 4.90 Å². The molecule has 0 aromatic carbocycles. The fourth-order valence-corrected chi connectivity index (χ4v) is 4.86. The topological polar surface area (TPSA) is 99.8 Å². The Bertz CT molecular complexity index is 704. The van der Waals surface area contributed by atoms with Crippen LogP contribution in [-0.2, 0) is 23.0 Å². The minimum Gasteiger partial charge on any atom is -0.311 e. The minimum absolute atomic E-state index is 0.198. The third-order valence-electron chi connectivity index (χ3n) is 3.15. The van der Waals surface area contributed by atoms with E-state index in [0.29, 0.717) is 16.5 Å². The zero-order valence-electron chi connectivity index (χ0n) is 11.1. The van der Waals surface area contributed by atoms with Crippen LogP contribution in [0.1, 0.15) is 22.0 Å². The lowest BCUT2D eigenvalue weighted by atomic mass is 10.2. The molecule has 7 nitrogen and oxygen atoms in total. The van der Waals surface area contributed by atoms with Crippen LogP contribution in [0.25, 0.3) is 0 Å². The number of rotatable bonds is 3. The Morgan fingerprint density at radius 3 is 2.80 bits per heavy atom. The van der Waals surface area contributed by atoms with Crippen molar-refractivity contribution in [3.05, 3.63) is 22.0 Å². The highest BCUT2D eigenvalue weighted by molar-refractivity contribution is 7.93. The van der Waals surface area contributed by atoms with E-state index in [1.165, 1.54) is 11.3 Å². The second-order valence-electron chi connectivity index (χ2n) is 4.68. The van der Waals surface area contributed by atoms with Gasteiger partial charge in [-0.2, -0.15) is 5.10 Å². The van der Waals surface area contributed by atoms with E-state index in [1.807, 2.05) is 0 Å². The van der Waals surface area contributed by atoms with Gasteiger partial charge in [0.05, 0.1) is 17.1 Å². The number of H-pyrrole nitrogens is 1. The van der Waals surface area contributed by atoms with Gasteiger partial charge in [-0.3, -0.25) is 9.82 Å². The van der Waals surface area contributed by atoms with E-state index in [1.54, 1.807) is 13.8 Å². The van der Waals surface area contributed by atoms with Crippen molar-refractivity contribution in [1.29, 1.82) is 0 Å². The van der Waals surface area contributed by atoms with Gasteiger partial charge < -0.3 is 5.32 Å². The first-order valence-corrected chi connectivity index (χ1v) is 8.51. The lowest BCUT2D eigenvalue weighted by molar-refractivity contribution is 0.600. The van der Waals surface area contributed by atoms with E-state index in [0.717, 1.165) is 30.1 Å². The fraction of sp³-hybridized carbons (Fsp3) is 0.455. The highest BCUT2D eigenvalue weighted by Gasteiger charge is 2.24. The predicted octanol–water partition coefficient (Wildman–Crippen LogP) is 0.930. The maximum absolute atomic E-state index is 12.4. The van der Waals surface area contributed by atoms with Crippen molar-refractivity contribution in [1.82, 2.24) is 20.5 Å². The highest BCUT2D eigenvalue weighted by Crippen LogP contribution is 2.28. The number of aromatic nitrogens is 3. The summed E-state index contributed by atoms with van der Waals surface area (Å²) in [6, 6.07) is 0. The molecule has 108 valence electrons. The molecule has 1 aliphatic heterocycles. The molecule has 0 fully saturated rings. The van der Waals surface area contributed by atoms with Crippen LogP contribution in [0.4, 0.5) is 5.13 Å². The molecular formula is C11H15N5O2S2. The molecule has 3 N–H and O–H groups in total. The average molecular weight is 313 g/mol. The number of nitrogens with one attached hydrogen (secondary N) is 3. The molecule has 0 aliphatic carbocycles. The van der Waals surface area contributed by atoms with E-state index < -0.39 is 10.0 Å². The number of sulfonamides is 1.